The summed E-state index contributed by atoms with van der Waals surface area (Å²) in [6.07, 6.45) is 5.99. The third-order valence-electron chi connectivity index (χ3n) is 4.37. The van der Waals surface area contributed by atoms with Gasteiger partial charge in [0.25, 0.3) is 0 Å². The van der Waals surface area contributed by atoms with E-state index in [1.165, 1.54) is 30.4 Å². The van der Waals surface area contributed by atoms with Gasteiger partial charge in [-0.05, 0) is 55.4 Å². The van der Waals surface area contributed by atoms with Gasteiger partial charge < -0.3 is 10.5 Å². The van der Waals surface area contributed by atoms with Crippen LogP contribution in [-0.2, 0) is 5.54 Å². The van der Waals surface area contributed by atoms with Crippen LogP contribution in [0.3, 0.4) is 0 Å². The fourth-order valence-corrected chi connectivity index (χ4v) is 3.13. The van der Waals surface area contributed by atoms with Crippen molar-refractivity contribution in [3.05, 3.63) is 29.3 Å². The molecule has 2 heteroatoms. The Morgan fingerprint density at radius 3 is 2.72 bits per heavy atom. The van der Waals surface area contributed by atoms with Crippen molar-refractivity contribution in [2.45, 2.75) is 51.5 Å². The summed E-state index contributed by atoms with van der Waals surface area (Å²) >= 11 is 0. The van der Waals surface area contributed by atoms with Gasteiger partial charge in [-0.15, -0.1) is 0 Å². The van der Waals surface area contributed by atoms with Gasteiger partial charge in [0.05, 0.1) is 7.11 Å². The number of benzene rings is 1. The van der Waals surface area contributed by atoms with E-state index in [4.69, 9.17) is 10.5 Å². The summed E-state index contributed by atoms with van der Waals surface area (Å²) < 4.78 is 5.27. The standard InChI is InChI=1S/C16H25NO/c1-12-5-4-9-16(17,10-8-12)15-7-6-14(18-3)11-13(15)2/h6-7,11-12H,4-5,8-10,17H2,1-3H3. The molecule has 0 aromatic heterocycles. The van der Waals surface area contributed by atoms with Crippen LogP contribution in [-0.4, -0.2) is 7.11 Å². The number of ether oxygens (including phenoxy) is 1. The smallest absolute Gasteiger partial charge is 0.119 e. The first-order chi connectivity index (χ1) is 8.55. The van der Waals surface area contributed by atoms with Crippen LogP contribution in [0, 0.1) is 12.8 Å². The Hall–Kier alpha value is -1.02. The van der Waals surface area contributed by atoms with Gasteiger partial charge in [-0.2, -0.15) is 0 Å². The first-order valence-corrected chi connectivity index (χ1v) is 6.99. The summed E-state index contributed by atoms with van der Waals surface area (Å²) in [4.78, 5) is 0. The van der Waals surface area contributed by atoms with E-state index >= 15 is 0 Å². The zero-order valence-corrected chi connectivity index (χ0v) is 11.8. The molecule has 2 rings (SSSR count). The molecule has 1 aromatic rings. The summed E-state index contributed by atoms with van der Waals surface area (Å²) in [5.74, 6) is 1.73. The van der Waals surface area contributed by atoms with Gasteiger partial charge in [-0.25, -0.2) is 0 Å². The molecule has 2 N–H and O–H groups in total. The second-order valence-electron chi connectivity index (χ2n) is 5.87. The molecule has 0 saturated heterocycles. The molecule has 1 fully saturated rings. The molecule has 2 atom stereocenters. The quantitative estimate of drug-likeness (QED) is 0.808. The molecule has 1 aliphatic carbocycles. The van der Waals surface area contributed by atoms with Crippen LogP contribution in [0.2, 0.25) is 0 Å². The minimum absolute atomic E-state index is 0.138. The Morgan fingerprint density at radius 2 is 2.06 bits per heavy atom. The Balaban J connectivity index is 2.28. The van der Waals surface area contributed by atoms with E-state index in [0.29, 0.717) is 0 Å². The third-order valence-corrected chi connectivity index (χ3v) is 4.37. The number of hydrogen-bond donors (Lipinski definition) is 1. The van der Waals surface area contributed by atoms with E-state index in [1.54, 1.807) is 7.11 Å². The van der Waals surface area contributed by atoms with E-state index in [1.807, 2.05) is 6.07 Å². The Labute approximate surface area is 111 Å². The molecule has 100 valence electrons. The summed E-state index contributed by atoms with van der Waals surface area (Å²) in [5, 5.41) is 0. The second-order valence-corrected chi connectivity index (χ2v) is 5.87. The molecular formula is C16H25NO. The molecule has 0 aliphatic heterocycles. The monoisotopic (exact) mass is 247 g/mol. The van der Waals surface area contributed by atoms with Crippen molar-refractivity contribution in [3.63, 3.8) is 0 Å². The first kappa shape index (κ1) is 13.4. The molecule has 2 unspecified atom stereocenters. The van der Waals surface area contributed by atoms with Crippen molar-refractivity contribution in [1.82, 2.24) is 0 Å². The molecule has 0 bridgehead atoms. The normalized spacial score (nSPS) is 28.8. The third kappa shape index (κ3) is 2.69. The van der Waals surface area contributed by atoms with Crippen LogP contribution in [0.5, 0.6) is 5.75 Å². The van der Waals surface area contributed by atoms with Crippen molar-refractivity contribution < 1.29 is 4.74 Å². The van der Waals surface area contributed by atoms with Gasteiger partial charge in [0, 0.05) is 5.54 Å². The lowest BCUT2D eigenvalue weighted by Crippen LogP contribution is -2.36. The van der Waals surface area contributed by atoms with Crippen LogP contribution in [0.15, 0.2) is 18.2 Å². The van der Waals surface area contributed by atoms with Gasteiger partial charge in [-0.3, -0.25) is 0 Å². The lowest BCUT2D eigenvalue weighted by atomic mass is 9.81. The average molecular weight is 247 g/mol. The van der Waals surface area contributed by atoms with Gasteiger partial charge in [0.2, 0.25) is 0 Å². The highest BCUT2D eigenvalue weighted by molar-refractivity contribution is 5.39. The van der Waals surface area contributed by atoms with Crippen molar-refractivity contribution in [2.24, 2.45) is 11.7 Å². The summed E-state index contributed by atoms with van der Waals surface area (Å²) in [5.41, 5.74) is 9.12. The number of nitrogens with two attached hydrogens (primary N) is 1. The van der Waals surface area contributed by atoms with Crippen LogP contribution in [0.1, 0.15) is 50.2 Å². The summed E-state index contributed by atoms with van der Waals surface area (Å²) in [6.45, 7) is 4.48. The fraction of sp³-hybridized carbons (Fsp3) is 0.625. The zero-order chi connectivity index (χ0) is 13.2. The largest absolute Gasteiger partial charge is 0.497 e. The van der Waals surface area contributed by atoms with Crippen LogP contribution >= 0.6 is 0 Å². The molecule has 18 heavy (non-hydrogen) atoms. The summed E-state index contributed by atoms with van der Waals surface area (Å²) in [6, 6.07) is 6.29. The number of hydrogen-bond acceptors (Lipinski definition) is 2. The van der Waals surface area contributed by atoms with Gasteiger partial charge in [0.15, 0.2) is 0 Å². The van der Waals surface area contributed by atoms with Crippen LogP contribution in [0.25, 0.3) is 0 Å². The van der Waals surface area contributed by atoms with Gasteiger partial charge in [-0.1, -0.05) is 25.8 Å². The SMILES string of the molecule is COc1ccc(C2(N)CCCC(C)CC2)c(C)c1. The van der Waals surface area contributed by atoms with Crippen molar-refractivity contribution >= 4 is 0 Å². The predicted molar refractivity (Wildman–Crippen MR) is 75.8 cm³/mol. The maximum Gasteiger partial charge on any atom is 0.119 e. The van der Waals surface area contributed by atoms with Crippen LogP contribution < -0.4 is 10.5 Å². The van der Waals surface area contributed by atoms with Crippen molar-refractivity contribution in [2.75, 3.05) is 7.11 Å². The fourth-order valence-electron chi connectivity index (χ4n) is 3.13. The molecule has 1 aromatic carbocycles. The zero-order valence-electron chi connectivity index (χ0n) is 11.8. The van der Waals surface area contributed by atoms with Gasteiger partial charge in [0.1, 0.15) is 5.75 Å². The molecule has 2 nitrogen and oxygen atoms in total. The lowest BCUT2D eigenvalue weighted by molar-refractivity contribution is 0.374. The van der Waals surface area contributed by atoms with Crippen molar-refractivity contribution in [1.29, 1.82) is 0 Å². The molecule has 0 heterocycles. The number of aryl methyl sites for hydroxylation is 1. The Morgan fingerprint density at radius 1 is 1.28 bits per heavy atom. The molecule has 0 amide bonds. The average Bonchev–Trinajstić information content (AvgIpc) is 2.52. The molecular weight excluding hydrogens is 222 g/mol. The maximum absolute atomic E-state index is 6.69. The van der Waals surface area contributed by atoms with E-state index in [0.717, 1.165) is 24.5 Å². The molecule has 1 aliphatic rings. The first-order valence-electron chi connectivity index (χ1n) is 6.99. The van der Waals surface area contributed by atoms with E-state index in [2.05, 4.69) is 26.0 Å². The highest BCUT2D eigenvalue weighted by atomic mass is 16.5. The second kappa shape index (κ2) is 5.31. The highest BCUT2D eigenvalue weighted by Crippen LogP contribution is 2.37. The minimum Gasteiger partial charge on any atom is -0.497 e. The van der Waals surface area contributed by atoms with Crippen LogP contribution in [0.4, 0.5) is 0 Å². The number of methoxy groups -OCH3 is 1. The topological polar surface area (TPSA) is 35.2 Å². The van der Waals surface area contributed by atoms with E-state index < -0.39 is 0 Å². The van der Waals surface area contributed by atoms with E-state index in [-0.39, 0.29) is 5.54 Å². The van der Waals surface area contributed by atoms with Crippen molar-refractivity contribution in [3.8, 4) is 5.75 Å². The predicted octanol–water partition coefficient (Wildman–Crippen LogP) is 3.76. The maximum atomic E-state index is 6.69. The van der Waals surface area contributed by atoms with E-state index in [9.17, 15) is 0 Å². The number of rotatable bonds is 2. The molecule has 0 radical (unpaired) electrons. The minimum atomic E-state index is -0.138. The highest BCUT2D eigenvalue weighted by Gasteiger charge is 2.31. The Bertz CT molecular complexity index is 416. The van der Waals surface area contributed by atoms with Gasteiger partial charge >= 0.3 is 0 Å². The molecule has 0 spiro atoms. The molecule has 1 saturated carbocycles. The summed E-state index contributed by atoms with van der Waals surface area (Å²) in [7, 11) is 1.71. The lowest BCUT2D eigenvalue weighted by Gasteiger charge is -2.30. The Kier molecular flexibility index (Phi) is 3.96.